The van der Waals surface area contributed by atoms with E-state index >= 15 is 0 Å². The van der Waals surface area contributed by atoms with Gasteiger partial charge in [-0.3, -0.25) is 9.59 Å². The van der Waals surface area contributed by atoms with Crippen molar-refractivity contribution in [3.05, 3.63) is 69.2 Å². The highest BCUT2D eigenvalue weighted by Gasteiger charge is 2.30. The molecular formula is C21H22BrClN2O2. The van der Waals surface area contributed by atoms with Gasteiger partial charge in [-0.05, 0) is 54.8 Å². The maximum Gasteiger partial charge on any atom is 0.253 e. The lowest BCUT2D eigenvalue weighted by molar-refractivity contribution is -0.136. The highest BCUT2D eigenvalue weighted by molar-refractivity contribution is 9.10. The molecule has 1 aliphatic rings. The van der Waals surface area contributed by atoms with Crippen molar-refractivity contribution in [3.8, 4) is 0 Å². The van der Waals surface area contributed by atoms with Crippen LogP contribution in [0.3, 0.4) is 0 Å². The van der Waals surface area contributed by atoms with Gasteiger partial charge in [0.1, 0.15) is 0 Å². The molecule has 0 aliphatic carbocycles. The van der Waals surface area contributed by atoms with Crippen molar-refractivity contribution in [3.63, 3.8) is 0 Å². The van der Waals surface area contributed by atoms with E-state index in [2.05, 4.69) is 15.9 Å². The lowest BCUT2D eigenvalue weighted by atomic mass is 9.95. The van der Waals surface area contributed by atoms with E-state index in [9.17, 15) is 9.59 Å². The fourth-order valence-corrected chi connectivity index (χ4v) is 3.78. The van der Waals surface area contributed by atoms with Crippen LogP contribution >= 0.6 is 27.5 Å². The summed E-state index contributed by atoms with van der Waals surface area (Å²) in [5.74, 6) is -0.110. The Labute approximate surface area is 173 Å². The van der Waals surface area contributed by atoms with Crippen molar-refractivity contribution in [1.82, 2.24) is 9.80 Å². The number of likely N-dealkylation sites (tertiary alicyclic amines) is 1. The first-order valence-electron chi connectivity index (χ1n) is 8.98. The molecule has 3 rings (SSSR count). The molecule has 0 saturated carbocycles. The molecule has 2 amide bonds. The number of carbonyl (C=O) groups excluding carboxylic acids is 2. The molecule has 0 bridgehead atoms. The summed E-state index contributed by atoms with van der Waals surface area (Å²) in [5, 5.41) is 0.604. The number of amides is 2. The number of hydrogen-bond acceptors (Lipinski definition) is 2. The van der Waals surface area contributed by atoms with Gasteiger partial charge in [0.2, 0.25) is 5.91 Å². The minimum absolute atomic E-state index is 0.0419. The Balaban J connectivity index is 1.62. The second kappa shape index (κ2) is 8.89. The summed E-state index contributed by atoms with van der Waals surface area (Å²) < 4.78 is 1.02. The van der Waals surface area contributed by atoms with E-state index in [1.54, 1.807) is 34.1 Å². The third-order valence-corrected chi connectivity index (χ3v) is 5.64. The molecule has 0 aromatic heterocycles. The molecule has 0 N–H and O–H groups in total. The van der Waals surface area contributed by atoms with E-state index in [4.69, 9.17) is 11.6 Å². The van der Waals surface area contributed by atoms with Crippen molar-refractivity contribution in [2.75, 3.05) is 20.1 Å². The van der Waals surface area contributed by atoms with Crippen LogP contribution in [0.2, 0.25) is 5.02 Å². The third-order valence-electron chi connectivity index (χ3n) is 4.86. The number of rotatable bonds is 4. The highest BCUT2D eigenvalue weighted by Crippen LogP contribution is 2.22. The maximum absolute atomic E-state index is 12.9. The quantitative estimate of drug-likeness (QED) is 0.684. The Kier molecular flexibility index (Phi) is 6.55. The molecule has 1 atom stereocenters. The van der Waals surface area contributed by atoms with Gasteiger partial charge in [0.25, 0.3) is 5.91 Å². The van der Waals surface area contributed by atoms with Crippen molar-refractivity contribution in [2.24, 2.45) is 5.92 Å². The van der Waals surface area contributed by atoms with Gasteiger partial charge in [-0.2, -0.15) is 0 Å². The molecule has 2 aromatic rings. The summed E-state index contributed by atoms with van der Waals surface area (Å²) >= 11 is 9.32. The van der Waals surface area contributed by atoms with E-state index in [-0.39, 0.29) is 17.7 Å². The van der Waals surface area contributed by atoms with Gasteiger partial charge in [-0.25, -0.2) is 0 Å². The van der Waals surface area contributed by atoms with Crippen molar-refractivity contribution in [1.29, 1.82) is 0 Å². The Hall–Kier alpha value is -1.85. The Morgan fingerprint density at radius 1 is 1.15 bits per heavy atom. The lowest BCUT2D eigenvalue weighted by Crippen LogP contribution is -2.45. The standard InChI is InChI=1S/C21H22BrClN2O2/c1-24(13-15-4-8-18(22)9-5-15)20(26)17-3-2-12-25(14-17)21(27)16-6-10-19(23)11-7-16/h4-11,17H,2-3,12-14H2,1H3. The van der Waals surface area contributed by atoms with Gasteiger partial charge < -0.3 is 9.80 Å². The number of piperidine rings is 1. The van der Waals surface area contributed by atoms with Crippen LogP contribution in [0.5, 0.6) is 0 Å². The van der Waals surface area contributed by atoms with Crippen LogP contribution in [-0.2, 0) is 11.3 Å². The largest absolute Gasteiger partial charge is 0.341 e. The molecule has 6 heteroatoms. The molecule has 0 radical (unpaired) electrons. The number of nitrogens with zero attached hydrogens (tertiary/aromatic N) is 2. The van der Waals surface area contributed by atoms with Crippen molar-refractivity contribution >= 4 is 39.3 Å². The van der Waals surface area contributed by atoms with Crippen molar-refractivity contribution in [2.45, 2.75) is 19.4 Å². The monoisotopic (exact) mass is 448 g/mol. The first-order chi connectivity index (χ1) is 12.9. The lowest BCUT2D eigenvalue weighted by Gasteiger charge is -2.34. The fraction of sp³-hybridized carbons (Fsp3) is 0.333. The topological polar surface area (TPSA) is 40.6 Å². The summed E-state index contributed by atoms with van der Waals surface area (Å²) in [7, 11) is 1.82. The van der Waals surface area contributed by atoms with E-state index in [0.717, 1.165) is 22.9 Å². The fourth-order valence-electron chi connectivity index (χ4n) is 3.39. The van der Waals surface area contributed by atoms with Crippen LogP contribution < -0.4 is 0 Å². The second-order valence-electron chi connectivity index (χ2n) is 6.92. The van der Waals surface area contributed by atoms with Gasteiger partial charge in [-0.1, -0.05) is 39.7 Å². The smallest absolute Gasteiger partial charge is 0.253 e. The Morgan fingerprint density at radius 2 is 1.81 bits per heavy atom. The minimum Gasteiger partial charge on any atom is -0.341 e. The first kappa shape index (κ1) is 19.9. The molecule has 142 valence electrons. The molecule has 1 heterocycles. The number of halogens is 2. The van der Waals surface area contributed by atoms with E-state index < -0.39 is 0 Å². The first-order valence-corrected chi connectivity index (χ1v) is 10.2. The zero-order valence-electron chi connectivity index (χ0n) is 15.2. The van der Waals surface area contributed by atoms with E-state index in [0.29, 0.717) is 30.2 Å². The summed E-state index contributed by atoms with van der Waals surface area (Å²) in [6.45, 7) is 1.71. The number of benzene rings is 2. The SMILES string of the molecule is CN(Cc1ccc(Br)cc1)C(=O)C1CCCN(C(=O)c2ccc(Cl)cc2)C1. The Morgan fingerprint density at radius 3 is 2.48 bits per heavy atom. The minimum atomic E-state index is -0.157. The van der Waals surface area contributed by atoms with Crippen LogP contribution in [-0.4, -0.2) is 41.8 Å². The molecular weight excluding hydrogens is 428 g/mol. The number of carbonyl (C=O) groups is 2. The van der Waals surface area contributed by atoms with Crippen LogP contribution in [0.1, 0.15) is 28.8 Å². The molecule has 4 nitrogen and oxygen atoms in total. The van der Waals surface area contributed by atoms with Gasteiger partial charge in [0.05, 0.1) is 5.92 Å². The number of hydrogen-bond donors (Lipinski definition) is 0. The van der Waals surface area contributed by atoms with Gasteiger partial charge in [-0.15, -0.1) is 0 Å². The summed E-state index contributed by atoms with van der Waals surface area (Å²) in [6.07, 6.45) is 1.65. The maximum atomic E-state index is 12.9. The van der Waals surface area contributed by atoms with E-state index in [1.807, 2.05) is 31.3 Å². The van der Waals surface area contributed by atoms with Crippen LogP contribution in [0.25, 0.3) is 0 Å². The molecule has 1 fully saturated rings. The van der Waals surface area contributed by atoms with Gasteiger partial charge in [0, 0.05) is 41.7 Å². The van der Waals surface area contributed by atoms with Gasteiger partial charge >= 0.3 is 0 Å². The second-order valence-corrected chi connectivity index (χ2v) is 8.27. The average molecular weight is 450 g/mol. The summed E-state index contributed by atoms with van der Waals surface area (Å²) in [4.78, 5) is 29.1. The molecule has 0 spiro atoms. The normalized spacial score (nSPS) is 16.9. The molecule has 1 saturated heterocycles. The molecule has 27 heavy (non-hydrogen) atoms. The summed E-state index contributed by atoms with van der Waals surface area (Å²) in [6, 6.07) is 14.9. The highest BCUT2D eigenvalue weighted by atomic mass is 79.9. The predicted molar refractivity (Wildman–Crippen MR) is 111 cm³/mol. The third kappa shape index (κ3) is 5.11. The Bertz CT molecular complexity index is 808. The predicted octanol–water partition coefficient (Wildman–Crippen LogP) is 4.61. The average Bonchev–Trinajstić information content (AvgIpc) is 2.69. The van der Waals surface area contributed by atoms with E-state index in [1.165, 1.54) is 0 Å². The van der Waals surface area contributed by atoms with Crippen molar-refractivity contribution < 1.29 is 9.59 Å². The summed E-state index contributed by atoms with van der Waals surface area (Å²) in [5.41, 5.74) is 1.69. The van der Waals surface area contributed by atoms with Crippen LogP contribution in [0.15, 0.2) is 53.0 Å². The van der Waals surface area contributed by atoms with Crippen LogP contribution in [0, 0.1) is 5.92 Å². The zero-order chi connectivity index (χ0) is 19.4. The van der Waals surface area contributed by atoms with Gasteiger partial charge in [0.15, 0.2) is 0 Å². The van der Waals surface area contributed by atoms with Crippen LogP contribution in [0.4, 0.5) is 0 Å². The molecule has 2 aromatic carbocycles. The molecule has 1 unspecified atom stereocenters. The zero-order valence-corrected chi connectivity index (χ0v) is 17.5. The molecule has 1 aliphatic heterocycles.